The third-order valence-electron chi connectivity index (χ3n) is 5.31. The summed E-state index contributed by atoms with van der Waals surface area (Å²) in [7, 11) is 0. The zero-order valence-electron chi connectivity index (χ0n) is 16.4. The molecule has 0 aliphatic heterocycles. The SMILES string of the molecule is Brc1ccc(N(c2ccc(-c3ccccc3)cc2)c2ccc3ccccc3c2)cc1. The van der Waals surface area contributed by atoms with Gasteiger partial charge in [0.25, 0.3) is 0 Å². The van der Waals surface area contributed by atoms with Crippen molar-refractivity contribution in [2.45, 2.75) is 0 Å². The van der Waals surface area contributed by atoms with Crippen molar-refractivity contribution in [3.63, 3.8) is 0 Å². The molecule has 0 aliphatic carbocycles. The third kappa shape index (κ3) is 3.74. The molecule has 144 valence electrons. The molecule has 0 spiro atoms. The van der Waals surface area contributed by atoms with Gasteiger partial charge in [0.05, 0.1) is 0 Å². The van der Waals surface area contributed by atoms with Gasteiger partial charge in [0.1, 0.15) is 0 Å². The van der Waals surface area contributed by atoms with Gasteiger partial charge in [0.2, 0.25) is 0 Å². The van der Waals surface area contributed by atoms with E-state index in [-0.39, 0.29) is 0 Å². The first-order chi connectivity index (χ1) is 14.8. The Bertz CT molecular complexity index is 1280. The van der Waals surface area contributed by atoms with Crippen LogP contribution in [0.5, 0.6) is 0 Å². The first kappa shape index (κ1) is 18.7. The molecule has 0 radical (unpaired) electrons. The number of fused-ring (bicyclic) bond motifs is 1. The number of rotatable bonds is 4. The van der Waals surface area contributed by atoms with Crippen molar-refractivity contribution >= 4 is 43.8 Å². The molecule has 0 fully saturated rings. The molecule has 5 rings (SSSR count). The molecule has 1 nitrogen and oxygen atoms in total. The second-order valence-electron chi connectivity index (χ2n) is 7.26. The normalized spacial score (nSPS) is 10.8. The number of hydrogen-bond acceptors (Lipinski definition) is 1. The summed E-state index contributed by atoms with van der Waals surface area (Å²) >= 11 is 3.56. The molecular weight excluding hydrogens is 430 g/mol. The second kappa shape index (κ2) is 8.17. The molecule has 0 unspecified atom stereocenters. The predicted octanol–water partition coefficient (Wildman–Crippen LogP) is 8.74. The highest BCUT2D eigenvalue weighted by atomic mass is 79.9. The van der Waals surface area contributed by atoms with Crippen LogP contribution in [-0.2, 0) is 0 Å². The van der Waals surface area contributed by atoms with Crippen LogP contribution in [0.1, 0.15) is 0 Å². The van der Waals surface area contributed by atoms with E-state index in [0.717, 1.165) is 21.5 Å². The highest BCUT2D eigenvalue weighted by Crippen LogP contribution is 2.37. The summed E-state index contributed by atoms with van der Waals surface area (Å²) in [5.74, 6) is 0. The molecule has 5 aromatic carbocycles. The number of nitrogens with zero attached hydrogens (tertiary/aromatic N) is 1. The van der Waals surface area contributed by atoms with E-state index in [1.165, 1.54) is 21.9 Å². The van der Waals surface area contributed by atoms with Gasteiger partial charge in [0, 0.05) is 21.5 Å². The van der Waals surface area contributed by atoms with E-state index in [1.54, 1.807) is 0 Å². The summed E-state index contributed by atoms with van der Waals surface area (Å²) < 4.78 is 1.07. The maximum Gasteiger partial charge on any atom is 0.0468 e. The Hall–Kier alpha value is -3.36. The molecule has 0 atom stereocenters. The van der Waals surface area contributed by atoms with Crippen LogP contribution in [0.3, 0.4) is 0 Å². The Morgan fingerprint density at radius 2 is 0.967 bits per heavy atom. The Labute approximate surface area is 185 Å². The monoisotopic (exact) mass is 449 g/mol. The van der Waals surface area contributed by atoms with E-state index >= 15 is 0 Å². The van der Waals surface area contributed by atoms with Gasteiger partial charge in [-0.05, 0) is 70.4 Å². The highest BCUT2D eigenvalue weighted by Gasteiger charge is 2.13. The lowest BCUT2D eigenvalue weighted by atomic mass is 10.0. The Balaban J connectivity index is 1.61. The molecule has 0 bridgehead atoms. The lowest BCUT2D eigenvalue weighted by molar-refractivity contribution is 1.29. The highest BCUT2D eigenvalue weighted by molar-refractivity contribution is 9.10. The van der Waals surface area contributed by atoms with Crippen LogP contribution in [0.15, 0.2) is 126 Å². The lowest BCUT2D eigenvalue weighted by Crippen LogP contribution is -2.09. The fourth-order valence-electron chi connectivity index (χ4n) is 3.79. The van der Waals surface area contributed by atoms with Gasteiger partial charge < -0.3 is 4.90 Å². The molecule has 0 N–H and O–H groups in total. The molecule has 0 saturated heterocycles. The first-order valence-corrected chi connectivity index (χ1v) is 10.8. The van der Waals surface area contributed by atoms with Crippen molar-refractivity contribution in [1.29, 1.82) is 0 Å². The number of anilines is 3. The molecule has 0 amide bonds. The van der Waals surface area contributed by atoms with Gasteiger partial charge in [-0.3, -0.25) is 0 Å². The zero-order valence-corrected chi connectivity index (χ0v) is 18.0. The van der Waals surface area contributed by atoms with E-state index in [9.17, 15) is 0 Å². The predicted molar refractivity (Wildman–Crippen MR) is 132 cm³/mol. The van der Waals surface area contributed by atoms with Crippen LogP contribution in [-0.4, -0.2) is 0 Å². The molecule has 2 heteroatoms. The van der Waals surface area contributed by atoms with Crippen molar-refractivity contribution < 1.29 is 0 Å². The van der Waals surface area contributed by atoms with E-state index in [4.69, 9.17) is 0 Å². The summed E-state index contributed by atoms with van der Waals surface area (Å²) in [6.45, 7) is 0. The average Bonchev–Trinajstić information content (AvgIpc) is 2.81. The third-order valence-corrected chi connectivity index (χ3v) is 5.84. The molecule has 5 aromatic rings. The van der Waals surface area contributed by atoms with E-state index < -0.39 is 0 Å². The lowest BCUT2D eigenvalue weighted by Gasteiger charge is -2.26. The molecule has 0 aromatic heterocycles. The maximum atomic E-state index is 3.56. The van der Waals surface area contributed by atoms with Crippen molar-refractivity contribution in [1.82, 2.24) is 0 Å². The quantitative estimate of drug-likeness (QED) is 0.265. The smallest absolute Gasteiger partial charge is 0.0468 e. The molecule has 0 aliphatic rings. The van der Waals surface area contributed by atoms with Crippen molar-refractivity contribution in [3.8, 4) is 11.1 Å². The van der Waals surface area contributed by atoms with Gasteiger partial charge in [0.15, 0.2) is 0 Å². The van der Waals surface area contributed by atoms with E-state index in [0.29, 0.717) is 0 Å². The average molecular weight is 450 g/mol. The van der Waals surface area contributed by atoms with Crippen LogP contribution >= 0.6 is 15.9 Å². The van der Waals surface area contributed by atoms with Gasteiger partial charge in [-0.15, -0.1) is 0 Å². The van der Waals surface area contributed by atoms with Crippen molar-refractivity contribution in [3.05, 3.63) is 126 Å². The summed E-state index contributed by atoms with van der Waals surface area (Å²) in [6.07, 6.45) is 0. The summed E-state index contributed by atoms with van der Waals surface area (Å²) in [4.78, 5) is 2.30. The minimum Gasteiger partial charge on any atom is -0.310 e. The fraction of sp³-hybridized carbons (Fsp3) is 0. The molecule has 0 saturated carbocycles. The molecular formula is C28H20BrN. The fourth-order valence-corrected chi connectivity index (χ4v) is 4.05. The largest absolute Gasteiger partial charge is 0.310 e. The van der Waals surface area contributed by atoms with E-state index in [1.807, 2.05) is 6.07 Å². The molecule has 0 heterocycles. The summed E-state index contributed by atoms with van der Waals surface area (Å²) in [5.41, 5.74) is 5.84. The van der Waals surface area contributed by atoms with Gasteiger partial charge in [-0.1, -0.05) is 88.7 Å². The maximum absolute atomic E-state index is 3.56. The van der Waals surface area contributed by atoms with Crippen LogP contribution in [0.2, 0.25) is 0 Å². The van der Waals surface area contributed by atoms with Crippen molar-refractivity contribution in [2.75, 3.05) is 4.90 Å². The second-order valence-corrected chi connectivity index (χ2v) is 8.17. The number of halogens is 1. The van der Waals surface area contributed by atoms with Crippen molar-refractivity contribution in [2.24, 2.45) is 0 Å². The zero-order chi connectivity index (χ0) is 20.3. The standard InChI is InChI=1S/C28H20BrN/c29-25-13-18-27(19-14-25)30(28-17-12-22-8-4-5-9-24(22)20-28)26-15-10-23(11-16-26)21-6-2-1-3-7-21/h1-20H. The Morgan fingerprint density at radius 3 is 1.67 bits per heavy atom. The first-order valence-electron chi connectivity index (χ1n) is 9.98. The van der Waals surface area contributed by atoms with E-state index in [2.05, 4.69) is 136 Å². The van der Waals surface area contributed by atoms with Gasteiger partial charge in [-0.25, -0.2) is 0 Å². The Kier molecular flexibility index (Phi) is 5.08. The summed E-state index contributed by atoms with van der Waals surface area (Å²) in [5, 5.41) is 2.48. The summed E-state index contributed by atoms with van der Waals surface area (Å²) in [6, 6.07) is 42.8. The van der Waals surface area contributed by atoms with Crippen LogP contribution in [0.25, 0.3) is 21.9 Å². The number of hydrogen-bond donors (Lipinski definition) is 0. The Morgan fingerprint density at radius 1 is 0.433 bits per heavy atom. The minimum absolute atomic E-state index is 1.07. The van der Waals surface area contributed by atoms with Gasteiger partial charge in [-0.2, -0.15) is 0 Å². The van der Waals surface area contributed by atoms with Crippen LogP contribution < -0.4 is 4.90 Å². The minimum atomic E-state index is 1.07. The number of benzene rings is 5. The molecule has 30 heavy (non-hydrogen) atoms. The topological polar surface area (TPSA) is 3.24 Å². The van der Waals surface area contributed by atoms with Crippen LogP contribution in [0, 0.1) is 0 Å². The van der Waals surface area contributed by atoms with Crippen LogP contribution in [0.4, 0.5) is 17.1 Å². The van der Waals surface area contributed by atoms with Gasteiger partial charge >= 0.3 is 0 Å².